The van der Waals surface area contributed by atoms with Crippen molar-refractivity contribution in [2.24, 2.45) is 0 Å². The number of rotatable bonds is 4. The number of anilines is 1. The monoisotopic (exact) mass is 399 g/mol. The van der Waals surface area contributed by atoms with Crippen LogP contribution in [-0.2, 0) is 22.4 Å². The largest absolute Gasteiger partial charge is 0.448 e. The van der Waals surface area contributed by atoms with E-state index >= 15 is 0 Å². The second-order valence-electron chi connectivity index (χ2n) is 6.83. The summed E-state index contributed by atoms with van der Waals surface area (Å²) in [6.07, 6.45) is 8.63. The van der Waals surface area contributed by atoms with Crippen LogP contribution in [0.15, 0.2) is 18.7 Å². The average molecular weight is 399 g/mol. The fourth-order valence-corrected chi connectivity index (χ4v) is 4.43. The van der Waals surface area contributed by atoms with E-state index < -0.39 is 18.0 Å². The zero-order valence-electron chi connectivity index (χ0n) is 15.5. The quantitative estimate of drug-likeness (QED) is 0.652. The summed E-state index contributed by atoms with van der Waals surface area (Å²) in [7, 11) is 0. The van der Waals surface area contributed by atoms with Crippen molar-refractivity contribution in [3.8, 4) is 0 Å². The molecule has 0 bridgehead atoms. The van der Waals surface area contributed by atoms with E-state index in [2.05, 4.69) is 25.3 Å². The zero-order valence-corrected chi connectivity index (χ0v) is 16.3. The number of carbonyl (C=O) groups is 2. The second kappa shape index (κ2) is 8.05. The lowest BCUT2D eigenvalue weighted by Crippen LogP contribution is -2.30. The highest BCUT2D eigenvalue weighted by Gasteiger charge is 2.23. The number of esters is 1. The number of hydrogen-bond donors (Lipinski definition) is 2. The molecule has 3 aromatic rings. The van der Waals surface area contributed by atoms with Crippen LogP contribution in [0.25, 0.3) is 11.2 Å². The summed E-state index contributed by atoms with van der Waals surface area (Å²) in [6.45, 7) is 1.54. The molecule has 0 saturated heterocycles. The molecule has 1 aliphatic carbocycles. The van der Waals surface area contributed by atoms with Gasteiger partial charge in [0.05, 0.1) is 6.33 Å². The summed E-state index contributed by atoms with van der Waals surface area (Å²) in [4.78, 5) is 41.8. The van der Waals surface area contributed by atoms with Gasteiger partial charge >= 0.3 is 5.97 Å². The van der Waals surface area contributed by atoms with Crippen molar-refractivity contribution in [3.63, 3.8) is 0 Å². The molecule has 146 valence electrons. The molecule has 0 radical (unpaired) electrons. The standard InChI is InChI=1S/C19H21N5O3S/c1-11(18(25)24-17-15-16(21-9-20-15)22-10-23-17)27-19(26)14-8-12-6-4-2-3-5-7-13(12)28-14/h8-11H,2-7H2,1H3,(H2,20,21,22,23,24,25). The van der Waals surface area contributed by atoms with Crippen LogP contribution >= 0.6 is 11.3 Å². The van der Waals surface area contributed by atoms with Gasteiger partial charge in [-0.15, -0.1) is 11.3 Å². The third kappa shape index (κ3) is 3.89. The van der Waals surface area contributed by atoms with E-state index in [0.29, 0.717) is 21.9 Å². The fourth-order valence-electron chi connectivity index (χ4n) is 3.30. The predicted molar refractivity (Wildman–Crippen MR) is 105 cm³/mol. The van der Waals surface area contributed by atoms with Gasteiger partial charge in [-0.3, -0.25) is 4.79 Å². The van der Waals surface area contributed by atoms with Gasteiger partial charge in [-0.25, -0.2) is 19.7 Å². The molecule has 0 aliphatic heterocycles. The van der Waals surface area contributed by atoms with Crippen LogP contribution in [0.2, 0.25) is 0 Å². The highest BCUT2D eigenvalue weighted by Crippen LogP contribution is 2.29. The first-order chi connectivity index (χ1) is 13.6. The van der Waals surface area contributed by atoms with Crippen molar-refractivity contribution in [2.45, 2.75) is 51.6 Å². The number of aryl methyl sites for hydroxylation is 2. The molecule has 4 rings (SSSR count). The molecule has 1 aliphatic rings. The van der Waals surface area contributed by atoms with Crippen molar-refractivity contribution in [3.05, 3.63) is 34.0 Å². The number of nitrogens with zero attached hydrogens (tertiary/aromatic N) is 3. The summed E-state index contributed by atoms with van der Waals surface area (Å²) in [5, 5.41) is 2.66. The minimum atomic E-state index is -0.954. The van der Waals surface area contributed by atoms with Crippen LogP contribution in [0.1, 0.15) is 52.7 Å². The maximum absolute atomic E-state index is 12.5. The molecular weight excluding hydrogens is 378 g/mol. The van der Waals surface area contributed by atoms with Crippen molar-refractivity contribution in [2.75, 3.05) is 5.32 Å². The van der Waals surface area contributed by atoms with Crippen LogP contribution in [0.4, 0.5) is 5.82 Å². The van der Waals surface area contributed by atoms with Gasteiger partial charge in [0.2, 0.25) is 0 Å². The Balaban J connectivity index is 1.42. The molecule has 0 aromatic carbocycles. The summed E-state index contributed by atoms with van der Waals surface area (Å²) >= 11 is 1.49. The maximum Gasteiger partial charge on any atom is 0.349 e. The Hall–Kier alpha value is -2.81. The molecule has 1 unspecified atom stereocenters. The minimum absolute atomic E-state index is 0.300. The Morgan fingerprint density at radius 1 is 1.18 bits per heavy atom. The number of carbonyl (C=O) groups excluding carboxylic acids is 2. The molecule has 1 atom stereocenters. The summed E-state index contributed by atoms with van der Waals surface area (Å²) < 4.78 is 5.39. The molecule has 0 spiro atoms. The highest BCUT2D eigenvalue weighted by atomic mass is 32.1. The van der Waals surface area contributed by atoms with E-state index in [1.807, 2.05) is 6.07 Å². The lowest BCUT2D eigenvalue weighted by molar-refractivity contribution is -0.123. The highest BCUT2D eigenvalue weighted by molar-refractivity contribution is 7.14. The Labute approximate surface area is 165 Å². The molecule has 0 saturated carbocycles. The van der Waals surface area contributed by atoms with Crippen molar-refractivity contribution in [1.29, 1.82) is 0 Å². The smallest absolute Gasteiger partial charge is 0.349 e. The molecule has 0 fully saturated rings. The Morgan fingerprint density at radius 3 is 2.86 bits per heavy atom. The van der Waals surface area contributed by atoms with Crippen LogP contribution in [-0.4, -0.2) is 37.9 Å². The summed E-state index contributed by atoms with van der Waals surface area (Å²) in [6, 6.07) is 1.93. The fraction of sp³-hybridized carbons (Fsp3) is 0.421. The number of aromatic nitrogens is 4. The topological polar surface area (TPSA) is 110 Å². The number of hydrogen-bond acceptors (Lipinski definition) is 7. The third-order valence-electron chi connectivity index (χ3n) is 4.82. The first kappa shape index (κ1) is 18.5. The van der Waals surface area contributed by atoms with Gasteiger partial charge in [-0.1, -0.05) is 12.8 Å². The first-order valence-electron chi connectivity index (χ1n) is 9.39. The predicted octanol–water partition coefficient (Wildman–Crippen LogP) is 3.26. The van der Waals surface area contributed by atoms with Crippen LogP contribution < -0.4 is 5.32 Å². The first-order valence-corrected chi connectivity index (χ1v) is 10.2. The SMILES string of the molecule is CC(OC(=O)c1cc2c(s1)CCCCCC2)C(=O)Nc1ncnc2nc[nH]c12. The Kier molecular flexibility index (Phi) is 5.34. The van der Waals surface area contributed by atoms with E-state index in [1.54, 1.807) is 6.92 Å². The number of amides is 1. The van der Waals surface area contributed by atoms with Gasteiger partial charge in [0.15, 0.2) is 17.6 Å². The number of imidazole rings is 1. The van der Waals surface area contributed by atoms with E-state index in [9.17, 15) is 9.59 Å². The second-order valence-corrected chi connectivity index (χ2v) is 7.97. The lowest BCUT2D eigenvalue weighted by Gasteiger charge is -2.12. The minimum Gasteiger partial charge on any atom is -0.448 e. The number of ether oxygens (including phenoxy) is 1. The van der Waals surface area contributed by atoms with Crippen molar-refractivity contribution < 1.29 is 14.3 Å². The molecule has 9 heteroatoms. The van der Waals surface area contributed by atoms with Crippen LogP contribution in [0, 0.1) is 0 Å². The third-order valence-corrected chi connectivity index (χ3v) is 6.03. The summed E-state index contributed by atoms with van der Waals surface area (Å²) in [5.41, 5.74) is 2.22. The molecule has 1 amide bonds. The van der Waals surface area contributed by atoms with Gasteiger partial charge in [-0.05, 0) is 44.2 Å². The number of aromatic amines is 1. The van der Waals surface area contributed by atoms with E-state index in [1.165, 1.54) is 47.3 Å². The number of thiophene rings is 1. The van der Waals surface area contributed by atoms with Gasteiger partial charge in [-0.2, -0.15) is 0 Å². The Morgan fingerprint density at radius 2 is 2.00 bits per heavy atom. The van der Waals surface area contributed by atoms with Crippen LogP contribution in [0.3, 0.4) is 0 Å². The van der Waals surface area contributed by atoms with Gasteiger partial charge in [0.25, 0.3) is 5.91 Å². The van der Waals surface area contributed by atoms with E-state index in [4.69, 9.17) is 4.74 Å². The average Bonchev–Trinajstić information content (AvgIpc) is 3.29. The number of fused-ring (bicyclic) bond motifs is 2. The molecule has 2 N–H and O–H groups in total. The van der Waals surface area contributed by atoms with E-state index in [-0.39, 0.29) is 0 Å². The van der Waals surface area contributed by atoms with Crippen LogP contribution in [0.5, 0.6) is 0 Å². The normalized spacial score (nSPS) is 15.3. The zero-order chi connectivity index (χ0) is 19.5. The lowest BCUT2D eigenvalue weighted by atomic mass is 10.00. The van der Waals surface area contributed by atoms with Gasteiger partial charge < -0.3 is 15.0 Å². The van der Waals surface area contributed by atoms with Crippen molar-refractivity contribution >= 4 is 40.2 Å². The number of nitrogens with one attached hydrogen (secondary N) is 2. The summed E-state index contributed by atoms with van der Waals surface area (Å²) in [5.74, 6) is -0.624. The molecule has 28 heavy (non-hydrogen) atoms. The van der Waals surface area contributed by atoms with Crippen molar-refractivity contribution in [1.82, 2.24) is 19.9 Å². The molecule has 3 heterocycles. The molecular formula is C19H21N5O3S. The number of H-pyrrole nitrogens is 1. The molecule has 3 aromatic heterocycles. The Bertz CT molecular complexity index is 987. The maximum atomic E-state index is 12.5. The van der Waals surface area contributed by atoms with Gasteiger partial charge in [0.1, 0.15) is 16.7 Å². The van der Waals surface area contributed by atoms with Gasteiger partial charge in [0, 0.05) is 4.88 Å². The molecule has 8 nitrogen and oxygen atoms in total. The van der Waals surface area contributed by atoms with E-state index in [0.717, 1.165) is 25.7 Å².